The molecule has 2 rings (SSSR count). The van der Waals surface area contributed by atoms with E-state index in [4.69, 9.17) is 15.2 Å². The zero-order valence-electron chi connectivity index (χ0n) is 11.0. The summed E-state index contributed by atoms with van der Waals surface area (Å²) < 4.78 is 9.93. The molecule has 1 aliphatic heterocycles. The zero-order chi connectivity index (χ0) is 14.9. The van der Waals surface area contributed by atoms with Crippen LogP contribution in [0.4, 0.5) is 0 Å². The maximum atomic E-state index is 11.7. The summed E-state index contributed by atoms with van der Waals surface area (Å²) in [5.41, 5.74) is 5.81. The van der Waals surface area contributed by atoms with Gasteiger partial charge >= 0.3 is 11.9 Å². The maximum absolute atomic E-state index is 11.7. The second-order valence-corrected chi connectivity index (χ2v) is 4.72. The van der Waals surface area contributed by atoms with Crippen LogP contribution in [0.1, 0.15) is 29.8 Å². The van der Waals surface area contributed by atoms with Crippen molar-refractivity contribution in [2.24, 2.45) is 5.73 Å². The summed E-state index contributed by atoms with van der Waals surface area (Å²) in [5.74, 6) is -3.31. The highest BCUT2D eigenvalue weighted by atomic mass is 16.7. The molecule has 0 aliphatic carbocycles. The van der Waals surface area contributed by atoms with Crippen LogP contribution in [-0.2, 0) is 19.1 Å². The number of carbonyl (C=O) groups is 3. The molecule has 0 bridgehead atoms. The van der Waals surface area contributed by atoms with E-state index in [9.17, 15) is 14.4 Å². The van der Waals surface area contributed by atoms with E-state index in [-0.39, 0.29) is 5.57 Å². The molecule has 1 saturated heterocycles. The summed E-state index contributed by atoms with van der Waals surface area (Å²) in [6.45, 7) is 2.95. The molecule has 0 aromatic heterocycles. The topological polar surface area (TPSA) is 95.7 Å². The van der Waals surface area contributed by atoms with Gasteiger partial charge in [-0.3, -0.25) is 4.79 Å². The van der Waals surface area contributed by atoms with E-state index in [1.165, 1.54) is 32.1 Å². The molecular formula is C14H13NO5. The molecule has 1 aliphatic rings. The van der Waals surface area contributed by atoms with E-state index in [1.807, 2.05) is 0 Å². The van der Waals surface area contributed by atoms with Gasteiger partial charge in [-0.05, 0) is 23.8 Å². The summed E-state index contributed by atoms with van der Waals surface area (Å²) in [6, 6.07) is 6.12. The van der Waals surface area contributed by atoms with E-state index < -0.39 is 23.6 Å². The highest BCUT2D eigenvalue weighted by molar-refractivity contribution is 6.18. The Hall–Kier alpha value is -2.63. The minimum Gasteiger partial charge on any atom is -0.419 e. The fourth-order valence-electron chi connectivity index (χ4n) is 1.69. The number of rotatable bonds is 2. The van der Waals surface area contributed by atoms with E-state index in [1.54, 1.807) is 12.1 Å². The molecule has 0 unspecified atom stereocenters. The largest absolute Gasteiger partial charge is 0.419 e. The average molecular weight is 275 g/mol. The van der Waals surface area contributed by atoms with Gasteiger partial charge in [0.2, 0.25) is 5.91 Å². The Bertz CT molecular complexity index is 591. The van der Waals surface area contributed by atoms with Gasteiger partial charge in [0.15, 0.2) is 0 Å². The first-order chi connectivity index (χ1) is 9.28. The van der Waals surface area contributed by atoms with Crippen molar-refractivity contribution in [2.75, 3.05) is 0 Å². The van der Waals surface area contributed by atoms with E-state index in [0.29, 0.717) is 11.1 Å². The molecule has 1 amide bonds. The standard InChI is InChI=1S/C14H13NO5/c1-14(2)19-12(17)10(13(18)20-14)7-8-3-5-9(6-4-8)11(15)16/h3-7H,1-2H3,(H2,15,16). The van der Waals surface area contributed by atoms with Crippen molar-refractivity contribution in [3.63, 3.8) is 0 Å². The quantitative estimate of drug-likeness (QED) is 0.493. The van der Waals surface area contributed by atoms with Crippen molar-refractivity contribution < 1.29 is 23.9 Å². The lowest BCUT2D eigenvalue weighted by Gasteiger charge is -2.29. The van der Waals surface area contributed by atoms with Gasteiger partial charge in [0.25, 0.3) is 5.79 Å². The van der Waals surface area contributed by atoms with Crippen molar-refractivity contribution in [3.05, 3.63) is 41.0 Å². The van der Waals surface area contributed by atoms with Crippen molar-refractivity contribution in [3.8, 4) is 0 Å². The van der Waals surface area contributed by atoms with Crippen LogP contribution >= 0.6 is 0 Å². The van der Waals surface area contributed by atoms with Crippen LogP contribution in [-0.4, -0.2) is 23.6 Å². The Balaban J connectivity index is 2.28. The van der Waals surface area contributed by atoms with E-state index in [0.717, 1.165) is 0 Å². The second kappa shape index (κ2) is 4.80. The molecule has 1 aromatic rings. The van der Waals surface area contributed by atoms with Crippen molar-refractivity contribution in [1.29, 1.82) is 0 Å². The van der Waals surface area contributed by atoms with Crippen molar-refractivity contribution in [1.82, 2.24) is 0 Å². The van der Waals surface area contributed by atoms with Crippen molar-refractivity contribution in [2.45, 2.75) is 19.6 Å². The summed E-state index contributed by atoms with van der Waals surface area (Å²) in [7, 11) is 0. The van der Waals surface area contributed by atoms with Gasteiger partial charge in [0.05, 0.1) is 0 Å². The SMILES string of the molecule is CC1(C)OC(=O)C(=Cc2ccc(C(N)=O)cc2)C(=O)O1. The molecule has 6 nitrogen and oxygen atoms in total. The zero-order valence-corrected chi connectivity index (χ0v) is 11.0. The fraction of sp³-hybridized carbons (Fsp3) is 0.214. The lowest BCUT2D eigenvalue weighted by molar-refractivity contribution is -0.222. The lowest BCUT2D eigenvalue weighted by atomic mass is 10.1. The number of carbonyl (C=O) groups excluding carboxylic acids is 3. The van der Waals surface area contributed by atoms with Crippen LogP contribution in [0.15, 0.2) is 29.8 Å². The summed E-state index contributed by atoms with van der Waals surface area (Å²) in [5, 5.41) is 0. The molecule has 2 N–H and O–H groups in total. The number of benzene rings is 1. The third kappa shape index (κ3) is 2.85. The first-order valence-corrected chi connectivity index (χ1v) is 5.87. The summed E-state index contributed by atoms with van der Waals surface area (Å²) in [4.78, 5) is 34.4. The molecule has 1 aromatic carbocycles. The first kappa shape index (κ1) is 13.8. The van der Waals surface area contributed by atoms with Gasteiger partial charge in [0.1, 0.15) is 5.57 Å². The third-order valence-corrected chi connectivity index (χ3v) is 2.62. The molecule has 104 valence electrons. The minimum absolute atomic E-state index is 0.198. The molecule has 1 heterocycles. The number of esters is 2. The first-order valence-electron chi connectivity index (χ1n) is 5.87. The molecule has 0 atom stereocenters. The monoisotopic (exact) mass is 275 g/mol. The Morgan fingerprint density at radius 2 is 1.60 bits per heavy atom. The highest BCUT2D eigenvalue weighted by Gasteiger charge is 2.38. The average Bonchev–Trinajstić information content (AvgIpc) is 2.33. The van der Waals surface area contributed by atoms with Gasteiger partial charge < -0.3 is 15.2 Å². The van der Waals surface area contributed by atoms with Gasteiger partial charge in [-0.2, -0.15) is 0 Å². The smallest absolute Gasteiger partial charge is 0.348 e. The number of hydrogen-bond donors (Lipinski definition) is 1. The molecule has 0 saturated carbocycles. The predicted octanol–water partition coefficient (Wildman–Crippen LogP) is 1.01. The number of amides is 1. The minimum atomic E-state index is -1.26. The number of ether oxygens (including phenoxy) is 2. The Morgan fingerprint density at radius 1 is 1.10 bits per heavy atom. The second-order valence-electron chi connectivity index (χ2n) is 4.72. The summed E-state index contributed by atoms with van der Waals surface area (Å²) in [6.07, 6.45) is 1.34. The molecule has 20 heavy (non-hydrogen) atoms. The number of cyclic esters (lactones) is 2. The number of nitrogens with two attached hydrogens (primary N) is 1. The van der Waals surface area contributed by atoms with Gasteiger partial charge in [-0.25, -0.2) is 9.59 Å². The van der Waals surface area contributed by atoms with Crippen LogP contribution in [0, 0.1) is 0 Å². The predicted molar refractivity (Wildman–Crippen MR) is 69.2 cm³/mol. The molecular weight excluding hydrogens is 262 g/mol. The van der Waals surface area contributed by atoms with E-state index in [2.05, 4.69) is 0 Å². The molecule has 0 spiro atoms. The third-order valence-electron chi connectivity index (χ3n) is 2.62. The normalized spacial score (nSPS) is 17.2. The number of primary amides is 1. The Kier molecular flexibility index (Phi) is 3.31. The molecule has 0 radical (unpaired) electrons. The summed E-state index contributed by atoms with van der Waals surface area (Å²) >= 11 is 0. The van der Waals surface area contributed by atoms with Gasteiger partial charge in [-0.1, -0.05) is 12.1 Å². The van der Waals surface area contributed by atoms with Gasteiger partial charge in [0, 0.05) is 19.4 Å². The van der Waals surface area contributed by atoms with Crippen molar-refractivity contribution >= 4 is 23.9 Å². The highest BCUT2D eigenvalue weighted by Crippen LogP contribution is 2.24. The van der Waals surface area contributed by atoms with E-state index >= 15 is 0 Å². The lowest BCUT2D eigenvalue weighted by Crippen LogP contribution is -2.41. The van der Waals surface area contributed by atoms with Crippen LogP contribution in [0.25, 0.3) is 6.08 Å². The molecule has 6 heteroatoms. The Labute approximate surface area is 115 Å². The van der Waals surface area contributed by atoms with Crippen LogP contribution < -0.4 is 5.73 Å². The van der Waals surface area contributed by atoms with Crippen LogP contribution in [0.5, 0.6) is 0 Å². The number of hydrogen-bond acceptors (Lipinski definition) is 5. The van der Waals surface area contributed by atoms with Crippen LogP contribution in [0.2, 0.25) is 0 Å². The molecule has 1 fully saturated rings. The maximum Gasteiger partial charge on any atom is 0.348 e. The van der Waals surface area contributed by atoms with Gasteiger partial charge in [-0.15, -0.1) is 0 Å². The Morgan fingerprint density at radius 3 is 2.05 bits per heavy atom. The fourth-order valence-corrected chi connectivity index (χ4v) is 1.69. The van der Waals surface area contributed by atoms with Crippen LogP contribution in [0.3, 0.4) is 0 Å².